The zero-order chi connectivity index (χ0) is 31.6. The van der Waals surface area contributed by atoms with Crippen LogP contribution < -0.4 is 15.4 Å². The molecule has 5 atom stereocenters. The Morgan fingerprint density at radius 1 is 1.07 bits per heavy atom. The van der Waals surface area contributed by atoms with Crippen LogP contribution in [0.3, 0.4) is 0 Å². The van der Waals surface area contributed by atoms with Crippen LogP contribution in [0.4, 0.5) is 4.79 Å². The number of carbonyl (C=O) groups is 4. The Kier molecular flexibility index (Phi) is 8.90. The van der Waals surface area contributed by atoms with E-state index in [-0.39, 0.29) is 25.3 Å². The summed E-state index contributed by atoms with van der Waals surface area (Å²) in [5.74, 6) is -2.01. The lowest BCUT2D eigenvalue weighted by atomic mass is 9.83. The van der Waals surface area contributed by atoms with E-state index >= 15 is 0 Å². The number of alkyl carbamates (subject to hydrolysis) is 1. The second kappa shape index (κ2) is 12.5. The smallest absolute Gasteiger partial charge is 0.408 e. The predicted molar refractivity (Wildman–Crippen MR) is 165 cm³/mol. The summed E-state index contributed by atoms with van der Waals surface area (Å²) in [4.78, 5) is 54.7. The molecule has 1 heterocycles. The first-order valence-corrected chi connectivity index (χ1v) is 15.5. The van der Waals surface area contributed by atoms with Gasteiger partial charge in [-0.15, -0.1) is 6.58 Å². The van der Waals surface area contributed by atoms with Gasteiger partial charge in [-0.1, -0.05) is 55.7 Å². The summed E-state index contributed by atoms with van der Waals surface area (Å²) in [6.07, 6.45) is 5.17. The van der Waals surface area contributed by atoms with Crippen LogP contribution in [0.15, 0.2) is 55.1 Å². The summed E-state index contributed by atoms with van der Waals surface area (Å²) >= 11 is 0. The third-order valence-electron chi connectivity index (χ3n) is 8.96. The van der Waals surface area contributed by atoms with Crippen molar-refractivity contribution >= 4 is 34.6 Å². The van der Waals surface area contributed by atoms with Gasteiger partial charge in [0.25, 0.3) is 0 Å². The van der Waals surface area contributed by atoms with Crippen LogP contribution in [0.25, 0.3) is 10.8 Å². The third kappa shape index (κ3) is 6.84. The Morgan fingerprint density at radius 2 is 1.77 bits per heavy atom. The minimum Gasteiger partial charge on any atom is -0.488 e. The zero-order valence-electron chi connectivity index (χ0n) is 25.7. The number of fused-ring (bicyclic) bond motifs is 1. The SMILES string of the molecule is C=C[C@H]1CC1(NC(=O)[C@@H]1C[C@@H](Oc2ccc3ccccc3c2)CN1C(=O)[C@@H](NC(=O)OC(C)(C)C)C1CCCCC1)C(=O)O. The van der Waals surface area contributed by atoms with E-state index in [2.05, 4.69) is 17.2 Å². The van der Waals surface area contributed by atoms with E-state index in [4.69, 9.17) is 9.47 Å². The van der Waals surface area contributed by atoms with Crippen LogP contribution in [0.5, 0.6) is 5.75 Å². The lowest BCUT2D eigenvalue weighted by molar-refractivity contribution is -0.146. The van der Waals surface area contributed by atoms with Gasteiger partial charge in [0.05, 0.1) is 6.54 Å². The van der Waals surface area contributed by atoms with Crippen molar-refractivity contribution in [1.29, 1.82) is 0 Å². The van der Waals surface area contributed by atoms with E-state index in [0.717, 1.165) is 42.9 Å². The van der Waals surface area contributed by atoms with Gasteiger partial charge in [0.15, 0.2) is 0 Å². The summed E-state index contributed by atoms with van der Waals surface area (Å²) in [6.45, 7) is 9.08. The number of carboxylic acids is 1. The number of nitrogens with one attached hydrogen (secondary N) is 2. The molecular weight excluding hydrogens is 562 g/mol. The standard InChI is InChI=1S/C34H43N3O7/c1-5-24-19-34(24,31(40)41)36-29(38)27-18-26(43-25-16-15-21-11-9-10-14-23(21)17-25)20-37(27)30(39)28(22-12-7-6-8-13-22)35-32(42)44-33(2,3)4/h5,9-11,14-17,22,24,26-28H,1,6-8,12-13,18-20H2,2-4H3,(H,35,42)(H,36,38)(H,40,41)/t24-,26+,27-,28-,34?/m0/s1. The molecule has 5 rings (SSSR count). The van der Waals surface area contributed by atoms with Crippen molar-refractivity contribution in [2.45, 2.75) is 95.0 Å². The van der Waals surface area contributed by atoms with Gasteiger partial charge in [0.1, 0.15) is 35.1 Å². The molecule has 0 aromatic heterocycles. The summed E-state index contributed by atoms with van der Waals surface area (Å²) in [5.41, 5.74) is -2.20. The fourth-order valence-corrected chi connectivity index (χ4v) is 6.59. The molecule has 1 unspecified atom stereocenters. The quantitative estimate of drug-likeness (QED) is 0.350. The number of rotatable bonds is 9. The Bertz CT molecular complexity index is 1430. The zero-order valence-corrected chi connectivity index (χ0v) is 25.7. The fraction of sp³-hybridized carbons (Fsp3) is 0.529. The van der Waals surface area contributed by atoms with E-state index in [1.807, 2.05) is 42.5 Å². The van der Waals surface area contributed by atoms with Crippen LogP contribution in [0, 0.1) is 11.8 Å². The maximum absolute atomic E-state index is 14.4. The predicted octanol–water partition coefficient (Wildman–Crippen LogP) is 4.81. The van der Waals surface area contributed by atoms with E-state index in [0.29, 0.717) is 5.75 Å². The second-order valence-corrected chi connectivity index (χ2v) is 13.3. The van der Waals surface area contributed by atoms with Crippen LogP contribution in [-0.2, 0) is 19.1 Å². The number of ether oxygens (including phenoxy) is 2. The highest BCUT2D eigenvalue weighted by Crippen LogP contribution is 2.45. The number of hydrogen-bond donors (Lipinski definition) is 3. The molecule has 0 spiro atoms. The summed E-state index contributed by atoms with van der Waals surface area (Å²) in [7, 11) is 0. The highest BCUT2D eigenvalue weighted by atomic mass is 16.6. The molecule has 2 aromatic rings. The first-order chi connectivity index (χ1) is 20.9. The number of carbonyl (C=O) groups excluding carboxylic acids is 3. The molecule has 3 N–H and O–H groups in total. The highest BCUT2D eigenvalue weighted by molar-refractivity contribution is 5.96. The van der Waals surface area contributed by atoms with E-state index in [9.17, 15) is 24.3 Å². The fourth-order valence-electron chi connectivity index (χ4n) is 6.59. The van der Waals surface area contributed by atoms with Crippen molar-refractivity contribution in [2.75, 3.05) is 6.54 Å². The van der Waals surface area contributed by atoms with Gasteiger partial charge in [0.2, 0.25) is 11.8 Å². The molecule has 44 heavy (non-hydrogen) atoms. The van der Waals surface area contributed by atoms with Crippen LogP contribution in [0.2, 0.25) is 0 Å². The molecule has 3 amide bonds. The van der Waals surface area contributed by atoms with E-state index < -0.39 is 59.1 Å². The van der Waals surface area contributed by atoms with Gasteiger partial charge in [-0.25, -0.2) is 9.59 Å². The monoisotopic (exact) mass is 605 g/mol. The van der Waals surface area contributed by atoms with Crippen LogP contribution in [-0.4, -0.2) is 69.8 Å². The molecule has 0 bridgehead atoms. The van der Waals surface area contributed by atoms with Gasteiger partial charge < -0.3 is 30.1 Å². The van der Waals surface area contributed by atoms with Gasteiger partial charge in [0, 0.05) is 12.3 Å². The van der Waals surface area contributed by atoms with Crippen molar-refractivity contribution in [3.63, 3.8) is 0 Å². The van der Waals surface area contributed by atoms with Gasteiger partial charge in [-0.05, 0) is 68.9 Å². The number of nitrogens with zero attached hydrogens (tertiary/aromatic N) is 1. The molecule has 0 radical (unpaired) electrons. The number of carboxylic acid groups (broad SMARTS) is 1. The summed E-state index contributed by atoms with van der Waals surface area (Å²) in [6, 6.07) is 11.7. The average Bonchev–Trinajstić information content (AvgIpc) is 3.55. The molecule has 1 saturated heterocycles. The molecule has 1 aliphatic heterocycles. The molecule has 2 saturated carbocycles. The lowest BCUT2D eigenvalue weighted by Crippen LogP contribution is -2.58. The molecule has 3 aliphatic rings. The highest BCUT2D eigenvalue weighted by Gasteiger charge is 2.61. The normalized spacial score (nSPS) is 26.0. The van der Waals surface area contributed by atoms with Crippen molar-refractivity contribution in [3.05, 3.63) is 55.1 Å². The molecule has 10 nitrogen and oxygen atoms in total. The van der Waals surface area contributed by atoms with Crippen LogP contribution >= 0.6 is 0 Å². The molecule has 2 aliphatic carbocycles. The Balaban J connectivity index is 1.41. The van der Waals surface area contributed by atoms with Crippen molar-refractivity contribution in [2.24, 2.45) is 11.8 Å². The van der Waals surface area contributed by atoms with Crippen molar-refractivity contribution in [1.82, 2.24) is 15.5 Å². The van der Waals surface area contributed by atoms with Gasteiger partial charge in [-0.3, -0.25) is 9.59 Å². The molecule has 3 fully saturated rings. The number of likely N-dealkylation sites (tertiary alicyclic amines) is 1. The first-order valence-electron chi connectivity index (χ1n) is 15.5. The van der Waals surface area contributed by atoms with Crippen LogP contribution in [0.1, 0.15) is 65.7 Å². The first kappa shape index (κ1) is 31.3. The minimum atomic E-state index is -1.44. The van der Waals surface area contributed by atoms with Gasteiger partial charge >= 0.3 is 12.1 Å². The largest absolute Gasteiger partial charge is 0.488 e. The van der Waals surface area contributed by atoms with Crippen molar-refractivity contribution < 1.29 is 33.8 Å². The lowest BCUT2D eigenvalue weighted by Gasteiger charge is -2.35. The van der Waals surface area contributed by atoms with Crippen molar-refractivity contribution in [3.8, 4) is 5.75 Å². The molecular formula is C34H43N3O7. The Morgan fingerprint density at radius 3 is 2.41 bits per heavy atom. The van der Waals surface area contributed by atoms with Gasteiger partial charge in [-0.2, -0.15) is 0 Å². The number of benzene rings is 2. The average molecular weight is 606 g/mol. The third-order valence-corrected chi connectivity index (χ3v) is 8.96. The Hall–Kier alpha value is -4.08. The number of hydrogen-bond acceptors (Lipinski definition) is 6. The molecule has 236 valence electrons. The molecule has 2 aromatic carbocycles. The maximum Gasteiger partial charge on any atom is 0.408 e. The minimum absolute atomic E-state index is 0.105. The maximum atomic E-state index is 14.4. The van der Waals surface area contributed by atoms with E-state index in [1.54, 1.807) is 20.8 Å². The van der Waals surface area contributed by atoms with E-state index in [1.165, 1.54) is 11.0 Å². The number of amides is 3. The second-order valence-electron chi connectivity index (χ2n) is 13.3. The summed E-state index contributed by atoms with van der Waals surface area (Å²) in [5, 5.41) is 17.5. The topological polar surface area (TPSA) is 134 Å². The molecule has 10 heteroatoms. The summed E-state index contributed by atoms with van der Waals surface area (Å²) < 4.78 is 11.8. The Labute approximate surface area is 258 Å². The number of aliphatic carboxylic acids is 1.